The van der Waals surface area contributed by atoms with Gasteiger partial charge in [-0.3, -0.25) is 4.79 Å². The molecule has 2 rings (SSSR count). The van der Waals surface area contributed by atoms with Gasteiger partial charge < -0.3 is 22.4 Å². The van der Waals surface area contributed by atoms with Crippen molar-refractivity contribution in [2.24, 2.45) is 0 Å². The van der Waals surface area contributed by atoms with E-state index in [1.807, 2.05) is 21.0 Å². The largest absolute Gasteiger partial charge is 1.00 e. The molecule has 96 valence electrons. The molecular formula is C11H17ClN2O2S. The second-order valence-electron chi connectivity index (χ2n) is 4.13. The molecule has 0 aromatic carbocycles. The van der Waals surface area contributed by atoms with Gasteiger partial charge in [0.05, 0.1) is 5.38 Å². The zero-order valence-corrected chi connectivity index (χ0v) is 11.4. The van der Waals surface area contributed by atoms with Gasteiger partial charge in [-0.2, -0.15) is 4.57 Å². The highest BCUT2D eigenvalue weighted by Crippen LogP contribution is 2.13. The van der Waals surface area contributed by atoms with E-state index in [1.54, 1.807) is 6.92 Å². The predicted octanol–water partition coefficient (Wildman–Crippen LogP) is -2.28. The summed E-state index contributed by atoms with van der Waals surface area (Å²) >= 11 is 1.48. The predicted molar refractivity (Wildman–Crippen MR) is 61.0 cm³/mol. The molecule has 1 aliphatic heterocycles. The van der Waals surface area contributed by atoms with Gasteiger partial charge in [-0.25, -0.2) is 0 Å². The van der Waals surface area contributed by atoms with Crippen molar-refractivity contribution < 1.29 is 26.9 Å². The number of thiazole rings is 1. The Bertz CT molecular complexity index is 375. The number of hydrogen-bond acceptors (Lipinski definition) is 3. The van der Waals surface area contributed by atoms with Gasteiger partial charge >= 0.3 is 0 Å². The molecule has 1 amide bonds. The van der Waals surface area contributed by atoms with Crippen molar-refractivity contribution in [1.29, 1.82) is 0 Å². The third-order valence-electron chi connectivity index (χ3n) is 2.83. The van der Waals surface area contributed by atoms with Crippen molar-refractivity contribution in [3.63, 3.8) is 0 Å². The summed E-state index contributed by atoms with van der Waals surface area (Å²) in [7, 11) is 0. The Labute approximate surface area is 111 Å². The molecule has 1 atom stereocenters. The molecule has 1 unspecified atom stereocenters. The van der Waals surface area contributed by atoms with Crippen LogP contribution in [0.15, 0.2) is 11.6 Å². The SMILES string of the molecule is CC(O)c1scc[n+]1CC(=O)N1CCCC1.[Cl-]. The Balaban J connectivity index is 0.00000144. The number of aliphatic hydroxyl groups is 1. The summed E-state index contributed by atoms with van der Waals surface area (Å²) in [6, 6.07) is 0. The van der Waals surface area contributed by atoms with Crippen molar-refractivity contribution in [2.45, 2.75) is 32.4 Å². The second-order valence-corrected chi connectivity index (χ2v) is 5.06. The fourth-order valence-electron chi connectivity index (χ4n) is 2.00. The average molecular weight is 277 g/mol. The van der Waals surface area contributed by atoms with Crippen molar-refractivity contribution >= 4 is 17.2 Å². The number of hydrogen-bond donors (Lipinski definition) is 1. The minimum atomic E-state index is -0.508. The molecule has 1 N–H and O–H groups in total. The Hall–Kier alpha value is -0.650. The zero-order chi connectivity index (χ0) is 11.5. The van der Waals surface area contributed by atoms with E-state index in [-0.39, 0.29) is 18.3 Å². The van der Waals surface area contributed by atoms with Gasteiger partial charge in [0.25, 0.3) is 10.9 Å². The van der Waals surface area contributed by atoms with Crippen LogP contribution in [0.3, 0.4) is 0 Å². The fraction of sp³-hybridized carbons (Fsp3) is 0.636. The summed E-state index contributed by atoms with van der Waals surface area (Å²) in [5, 5.41) is 12.3. The van der Waals surface area contributed by atoms with E-state index < -0.39 is 6.10 Å². The minimum absolute atomic E-state index is 0. The van der Waals surface area contributed by atoms with Crippen LogP contribution in [0.5, 0.6) is 0 Å². The van der Waals surface area contributed by atoms with Crippen molar-refractivity contribution in [1.82, 2.24) is 4.90 Å². The van der Waals surface area contributed by atoms with Crippen LogP contribution in [0.2, 0.25) is 0 Å². The maximum atomic E-state index is 11.9. The lowest BCUT2D eigenvalue weighted by Crippen LogP contribution is -3.00. The van der Waals surface area contributed by atoms with E-state index in [4.69, 9.17) is 0 Å². The molecule has 0 radical (unpaired) electrons. The monoisotopic (exact) mass is 276 g/mol. The van der Waals surface area contributed by atoms with Crippen LogP contribution in [0.4, 0.5) is 0 Å². The minimum Gasteiger partial charge on any atom is -1.00 e. The molecule has 0 aliphatic carbocycles. The lowest BCUT2D eigenvalue weighted by molar-refractivity contribution is -0.690. The lowest BCUT2D eigenvalue weighted by Gasteiger charge is -2.12. The summed E-state index contributed by atoms with van der Waals surface area (Å²) in [5.41, 5.74) is 0. The number of likely N-dealkylation sites (tertiary alicyclic amines) is 1. The quantitative estimate of drug-likeness (QED) is 0.632. The first-order valence-electron chi connectivity index (χ1n) is 5.61. The van der Waals surface area contributed by atoms with Gasteiger partial charge in [-0.15, -0.1) is 0 Å². The number of amides is 1. The van der Waals surface area contributed by atoms with Crippen LogP contribution in [0, 0.1) is 0 Å². The molecular weight excluding hydrogens is 260 g/mol. The van der Waals surface area contributed by atoms with E-state index in [1.165, 1.54) is 11.3 Å². The summed E-state index contributed by atoms with van der Waals surface area (Å²) in [4.78, 5) is 13.8. The van der Waals surface area contributed by atoms with Gasteiger partial charge in [0.15, 0.2) is 6.20 Å². The highest BCUT2D eigenvalue weighted by molar-refractivity contribution is 7.09. The second kappa shape index (κ2) is 6.33. The number of carbonyl (C=O) groups excluding carboxylic acids is 1. The number of halogens is 1. The molecule has 2 heterocycles. The number of aromatic nitrogens is 1. The molecule has 1 aromatic rings. The third-order valence-corrected chi connectivity index (χ3v) is 3.91. The van der Waals surface area contributed by atoms with E-state index in [9.17, 15) is 9.90 Å². The Kier molecular flexibility index (Phi) is 5.36. The molecule has 0 spiro atoms. The van der Waals surface area contributed by atoms with Gasteiger partial charge in [-0.1, -0.05) is 11.3 Å². The maximum Gasteiger partial charge on any atom is 0.288 e. The Morgan fingerprint density at radius 3 is 2.82 bits per heavy atom. The van der Waals surface area contributed by atoms with Crippen LogP contribution >= 0.6 is 11.3 Å². The van der Waals surface area contributed by atoms with E-state index in [0.717, 1.165) is 30.9 Å². The summed E-state index contributed by atoms with van der Waals surface area (Å²) < 4.78 is 1.84. The van der Waals surface area contributed by atoms with Gasteiger partial charge in [0.1, 0.15) is 6.10 Å². The van der Waals surface area contributed by atoms with Crippen molar-refractivity contribution in [3.8, 4) is 0 Å². The molecule has 1 fully saturated rings. The molecule has 1 aliphatic rings. The summed E-state index contributed by atoms with van der Waals surface area (Å²) in [5.74, 6) is 0.155. The number of nitrogens with zero attached hydrogens (tertiary/aromatic N) is 2. The number of carbonyl (C=O) groups is 1. The molecule has 6 heteroatoms. The molecule has 1 aromatic heterocycles. The average Bonchev–Trinajstić information content (AvgIpc) is 2.86. The van der Waals surface area contributed by atoms with E-state index in [2.05, 4.69) is 0 Å². The normalized spacial score (nSPS) is 16.7. The van der Waals surface area contributed by atoms with Crippen molar-refractivity contribution in [2.75, 3.05) is 13.1 Å². The first kappa shape index (κ1) is 14.4. The topological polar surface area (TPSA) is 44.4 Å². The molecule has 17 heavy (non-hydrogen) atoms. The van der Waals surface area contributed by atoms with E-state index in [0.29, 0.717) is 6.54 Å². The number of aliphatic hydroxyl groups excluding tert-OH is 1. The van der Waals surface area contributed by atoms with Crippen LogP contribution in [0.25, 0.3) is 0 Å². The summed E-state index contributed by atoms with van der Waals surface area (Å²) in [6.45, 7) is 3.84. The summed E-state index contributed by atoms with van der Waals surface area (Å²) in [6.07, 6.45) is 3.58. The van der Waals surface area contributed by atoms with Crippen LogP contribution < -0.4 is 17.0 Å². The van der Waals surface area contributed by atoms with Crippen LogP contribution in [0.1, 0.15) is 30.9 Å². The lowest BCUT2D eigenvalue weighted by atomic mass is 10.4. The van der Waals surface area contributed by atoms with Gasteiger partial charge in [0, 0.05) is 13.1 Å². The Morgan fingerprint density at radius 1 is 1.59 bits per heavy atom. The zero-order valence-electron chi connectivity index (χ0n) is 9.80. The van der Waals surface area contributed by atoms with E-state index >= 15 is 0 Å². The fourth-order valence-corrected chi connectivity index (χ4v) is 2.80. The highest BCUT2D eigenvalue weighted by Gasteiger charge is 2.25. The molecule has 1 saturated heterocycles. The van der Waals surface area contributed by atoms with Crippen LogP contribution in [-0.4, -0.2) is 29.0 Å². The standard InChI is InChI=1S/C11H17N2O2S.ClH/c1-9(14)11-13(6-7-16-11)8-10(15)12-4-2-3-5-12;/h6-7,9,14H,2-5,8H2,1H3;1H/q+1;/p-1. The third kappa shape index (κ3) is 3.40. The Morgan fingerprint density at radius 2 is 2.24 bits per heavy atom. The molecule has 0 bridgehead atoms. The number of rotatable bonds is 3. The first-order valence-corrected chi connectivity index (χ1v) is 6.49. The van der Waals surface area contributed by atoms with Gasteiger partial charge in [0.2, 0.25) is 6.54 Å². The molecule has 4 nitrogen and oxygen atoms in total. The highest BCUT2D eigenvalue weighted by atomic mass is 35.5. The smallest absolute Gasteiger partial charge is 0.288 e. The van der Waals surface area contributed by atoms with Crippen LogP contribution in [-0.2, 0) is 11.3 Å². The first-order chi connectivity index (χ1) is 7.68. The molecule has 0 saturated carbocycles. The van der Waals surface area contributed by atoms with Gasteiger partial charge in [-0.05, 0) is 19.8 Å². The van der Waals surface area contributed by atoms with Crippen molar-refractivity contribution in [3.05, 3.63) is 16.6 Å². The maximum absolute atomic E-state index is 11.9.